The van der Waals surface area contributed by atoms with Crippen LogP contribution in [0.15, 0.2) is 0 Å². The summed E-state index contributed by atoms with van der Waals surface area (Å²) < 4.78 is 35.9. The first-order valence-electron chi connectivity index (χ1n) is 26.2. The molecule has 0 aliphatic carbocycles. The van der Waals surface area contributed by atoms with Gasteiger partial charge in [-0.05, 0) is 137 Å². The molecule has 9 heteroatoms. The van der Waals surface area contributed by atoms with E-state index >= 15 is 0 Å². The molecule has 1 N–H and O–H groups in total. The topological polar surface area (TPSA) is 82.1 Å². The van der Waals surface area contributed by atoms with Gasteiger partial charge in [0.2, 0.25) is 0 Å². The summed E-state index contributed by atoms with van der Waals surface area (Å²) in [4.78, 5) is 5.35. The Kier molecular flexibility index (Phi) is 49.4. The summed E-state index contributed by atoms with van der Waals surface area (Å²) in [5.74, 6) is 0. The van der Waals surface area contributed by atoms with E-state index in [-0.39, 0.29) is 18.9 Å². The fraction of sp³-hybridized carbons (Fsp3) is 1.00. The molecule has 60 heavy (non-hydrogen) atoms. The van der Waals surface area contributed by atoms with Crippen molar-refractivity contribution in [3.63, 3.8) is 0 Å². The van der Waals surface area contributed by atoms with Crippen molar-refractivity contribution in [3.8, 4) is 0 Å². The fourth-order valence-electron chi connectivity index (χ4n) is 7.59. The van der Waals surface area contributed by atoms with Crippen LogP contribution >= 0.6 is 0 Å². The van der Waals surface area contributed by atoms with E-state index in [0.29, 0.717) is 6.61 Å². The van der Waals surface area contributed by atoms with Gasteiger partial charge in [0.1, 0.15) is 0 Å². The van der Waals surface area contributed by atoms with Crippen LogP contribution in [0.25, 0.3) is 0 Å². The Bertz CT molecular complexity index is 763. The lowest BCUT2D eigenvalue weighted by molar-refractivity contribution is -0.132. The maximum atomic E-state index is 9.25. The number of unbranched alkanes of at least 4 members (excludes halogenated alkanes) is 21. The molecule has 0 rings (SSSR count). The molecule has 0 saturated heterocycles. The van der Waals surface area contributed by atoms with Gasteiger partial charge in [-0.1, -0.05) is 130 Å². The molecule has 0 fully saturated rings. The number of hydrogen-bond donors (Lipinski definition) is 1. The number of aliphatic hydroxyl groups is 1. The summed E-state index contributed by atoms with van der Waals surface area (Å²) in [6.45, 7) is 24.6. The molecule has 3 unspecified atom stereocenters. The molecule has 0 aromatic rings. The van der Waals surface area contributed by atoms with Crippen molar-refractivity contribution in [2.45, 2.75) is 247 Å². The highest BCUT2D eigenvalue weighted by molar-refractivity contribution is 4.65. The molecule has 3 atom stereocenters. The molecule has 0 aromatic carbocycles. The van der Waals surface area contributed by atoms with E-state index in [1.54, 1.807) is 0 Å². The highest BCUT2D eigenvalue weighted by Gasteiger charge is 2.11. The van der Waals surface area contributed by atoms with Crippen molar-refractivity contribution < 1.29 is 33.5 Å². The van der Waals surface area contributed by atoms with Gasteiger partial charge in [0.15, 0.2) is 18.9 Å². The average Bonchev–Trinajstić information content (AvgIpc) is 3.24. The summed E-state index contributed by atoms with van der Waals surface area (Å²) in [5, 5.41) is 9.25. The minimum Gasteiger partial charge on any atom is -0.396 e. The molecule has 0 heterocycles. The molecular formula is C51H106N2O7. The number of aliphatic hydroxyl groups excluding tert-OH is 1. The van der Waals surface area contributed by atoms with Gasteiger partial charge in [0, 0.05) is 46.2 Å². The third-order valence-electron chi connectivity index (χ3n) is 11.5. The third kappa shape index (κ3) is 45.7. The van der Waals surface area contributed by atoms with Gasteiger partial charge in [0.25, 0.3) is 0 Å². The van der Waals surface area contributed by atoms with Crippen molar-refractivity contribution in [2.24, 2.45) is 0 Å². The number of hydrogen-bond acceptors (Lipinski definition) is 9. The van der Waals surface area contributed by atoms with Crippen LogP contribution in [0.5, 0.6) is 0 Å². The monoisotopic (exact) mass is 859 g/mol. The van der Waals surface area contributed by atoms with Crippen LogP contribution in [-0.4, -0.2) is 119 Å². The second kappa shape index (κ2) is 49.7. The zero-order valence-electron chi connectivity index (χ0n) is 41.2. The van der Waals surface area contributed by atoms with Crippen LogP contribution in [0.2, 0.25) is 0 Å². The third-order valence-corrected chi connectivity index (χ3v) is 11.5. The Morgan fingerprint density at radius 3 is 0.800 bits per heavy atom. The van der Waals surface area contributed by atoms with E-state index in [0.717, 1.165) is 150 Å². The molecule has 0 aromatic heterocycles. The van der Waals surface area contributed by atoms with Crippen LogP contribution in [0.3, 0.4) is 0 Å². The number of rotatable bonds is 52. The van der Waals surface area contributed by atoms with Crippen LogP contribution < -0.4 is 0 Å². The molecule has 0 aliphatic heterocycles. The van der Waals surface area contributed by atoms with Crippen molar-refractivity contribution in [3.05, 3.63) is 0 Å². The quantitative estimate of drug-likeness (QED) is 0.0475. The van der Waals surface area contributed by atoms with Gasteiger partial charge >= 0.3 is 0 Å². The minimum absolute atomic E-state index is 0.120. The Morgan fingerprint density at radius 1 is 0.283 bits per heavy atom. The highest BCUT2D eigenvalue weighted by atomic mass is 16.7. The molecule has 9 nitrogen and oxygen atoms in total. The van der Waals surface area contributed by atoms with Crippen LogP contribution in [0.4, 0.5) is 0 Å². The molecule has 362 valence electrons. The fourth-order valence-corrected chi connectivity index (χ4v) is 7.59. The summed E-state index contributed by atoms with van der Waals surface area (Å²) in [5.41, 5.74) is 0. The minimum atomic E-state index is -0.123. The SMILES string of the molecule is CCCCCCCCOC(C)OCCCCN(CCCCCCO)CCCN(CCCCOC(C)OCCCCCCCC)CCCCOC(C)OCCCCCCCC. The van der Waals surface area contributed by atoms with E-state index in [1.165, 1.54) is 116 Å². The number of ether oxygens (including phenoxy) is 6. The summed E-state index contributed by atoms with van der Waals surface area (Å²) in [6.07, 6.45) is 34.9. The van der Waals surface area contributed by atoms with E-state index in [2.05, 4.69) is 30.6 Å². The second-order valence-corrected chi connectivity index (χ2v) is 17.5. The Morgan fingerprint density at radius 2 is 0.500 bits per heavy atom. The van der Waals surface area contributed by atoms with E-state index in [1.807, 2.05) is 20.8 Å². The highest BCUT2D eigenvalue weighted by Crippen LogP contribution is 2.11. The zero-order chi connectivity index (χ0) is 43.8. The lowest BCUT2D eigenvalue weighted by Crippen LogP contribution is -2.33. The van der Waals surface area contributed by atoms with Gasteiger partial charge in [-0.15, -0.1) is 0 Å². The van der Waals surface area contributed by atoms with Gasteiger partial charge in [-0.2, -0.15) is 0 Å². The molecule has 0 spiro atoms. The van der Waals surface area contributed by atoms with Crippen LogP contribution in [0, 0.1) is 0 Å². The van der Waals surface area contributed by atoms with E-state index < -0.39 is 0 Å². The standard InChI is InChI=1S/C51H106N2O7/c1-7-10-13-16-21-29-43-55-49(4)58-46-32-25-37-52(36-24-19-20-28-42-54)40-35-41-53(38-26-33-47-59-50(5)56-44-30-22-17-14-11-8-2)39-27-34-48-60-51(6)57-45-31-23-18-15-12-9-3/h49-51,54H,7-48H2,1-6H3. The first-order valence-corrected chi connectivity index (χ1v) is 26.2. The first-order chi connectivity index (χ1) is 29.5. The largest absolute Gasteiger partial charge is 0.396 e. The normalized spacial score (nSPS) is 13.6. The summed E-state index contributed by atoms with van der Waals surface area (Å²) in [7, 11) is 0. The maximum absolute atomic E-state index is 9.25. The maximum Gasteiger partial charge on any atom is 0.154 e. The Balaban J connectivity index is 4.75. The van der Waals surface area contributed by atoms with Gasteiger partial charge < -0.3 is 43.3 Å². The van der Waals surface area contributed by atoms with Crippen LogP contribution in [-0.2, 0) is 28.4 Å². The molecule has 0 saturated carbocycles. The van der Waals surface area contributed by atoms with Gasteiger partial charge in [-0.25, -0.2) is 0 Å². The Labute approximate surface area is 374 Å². The summed E-state index contributed by atoms with van der Waals surface area (Å²) in [6, 6.07) is 0. The molecule has 0 bridgehead atoms. The predicted molar refractivity (Wildman–Crippen MR) is 255 cm³/mol. The number of nitrogens with zero attached hydrogens (tertiary/aromatic N) is 2. The summed E-state index contributed by atoms with van der Waals surface area (Å²) >= 11 is 0. The lowest BCUT2D eigenvalue weighted by atomic mass is 10.1. The van der Waals surface area contributed by atoms with Crippen molar-refractivity contribution in [1.82, 2.24) is 9.80 Å². The van der Waals surface area contributed by atoms with E-state index in [4.69, 9.17) is 28.4 Å². The Hall–Kier alpha value is -0.360. The van der Waals surface area contributed by atoms with Gasteiger partial charge in [-0.3, -0.25) is 0 Å². The van der Waals surface area contributed by atoms with Crippen LogP contribution in [0.1, 0.15) is 228 Å². The molecular weight excluding hydrogens is 753 g/mol. The van der Waals surface area contributed by atoms with E-state index in [9.17, 15) is 5.11 Å². The predicted octanol–water partition coefficient (Wildman–Crippen LogP) is 13.1. The van der Waals surface area contributed by atoms with Crippen molar-refractivity contribution in [1.29, 1.82) is 0 Å². The van der Waals surface area contributed by atoms with Crippen molar-refractivity contribution in [2.75, 3.05) is 85.5 Å². The zero-order valence-corrected chi connectivity index (χ0v) is 41.2. The first kappa shape index (κ1) is 59.6. The molecule has 0 radical (unpaired) electrons. The van der Waals surface area contributed by atoms with Gasteiger partial charge in [0.05, 0.1) is 0 Å². The molecule has 0 aliphatic rings. The lowest BCUT2D eigenvalue weighted by Gasteiger charge is -2.26. The average molecular weight is 859 g/mol. The second-order valence-electron chi connectivity index (χ2n) is 17.5. The molecule has 0 amide bonds. The van der Waals surface area contributed by atoms with Crippen molar-refractivity contribution >= 4 is 0 Å². The smallest absolute Gasteiger partial charge is 0.154 e.